The molecule has 1 aromatic heterocycles. The van der Waals surface area contributed by atoms with Crippen molar-refractivity contribution < 1.29 is 19.1 Å². The molecule has 2 saturated carbocycles. The van der Waals surface area contributed by atoms with Crippen molar-refractivity contribution in [2.45, 2.75) is 45.6 Å². The molecule has 2 aliphatic rings. The fraction of sp³-hybridized carbons (Fsp3) is 0.478. The fourth-order valence-electron chi connectivity index (χ4n) is 4.46. The highest BCUT2D eigenvalue weighted by atomic mass is 32.1. The molecule has 2 bridgehead atoms. The minimum Gasteiger partial charge on any atom is -0.455 e. The number of hydrogen-bond donors (Lipinski definition) is 0. The summed E-state index contributed by atoms with van der Waals surface area (Å²) in [6.45, 7) is 2.30. The zero-order valence-corrected chi connectivity index (χ0v) is 17.9. The Morgan fingerprint density at radius 2 is 1.87 bits per heavy atom. The largest absolute Gasteiger partial charge is 0.455 e. The molecule has 2 aromatic rings. The van der Waals surface area contributed by atoms with Gasteiger partial charge in [0.1, 0.15) is 5.78 Å². The van der Waals surface area contributed by atoms with Crippen LogP contribution < -0.4 is 4.80 Å². The first-order valence-electron chi connectivity index (χ1n) is 10.5. The predicted molar refractivity (Wildman–Crippen MR) is 113 cm³/mol. The average molecular weight is 427 g/mol. The van der Waals surface area contributed by atoms with Crippen LogP contribution in [-0.4, -0.2) is 28.8 Å². The number of Topliss-reactive ketones (excluding diaryl/α,β-unsaturated/α-hetero) is 1. The summed E-state index contributed by atoms with van der Waals surface area (Å²) in [7, 11) is 0. The van der Waals surface area contributed by atoms with Crippen molar-refractivity contribution >= 4 is 29.0 Å². The van der Waals surface area contributed by atoms with E-state index in [1.165, 1.54) is 16.9 Å². The van der Waals surface area contributed by atoms with Gasteiger partial charge in [-0.05, 0) is 38.2 Å². The van der Waals surface area contributed by atoms with Crippen LogP contribution in [0.15, 0.2) is 40.8 Å². The number of esters is 1. The number of carbonyl (C=O) groups is 3. The van der Waals surface area contributed by atoms with Gasteiger partial charge in [-0.2, -0.15) is 4.99 Å². The highest BCUT2D eigenvalue weighted by molar-refractivity contribution is 7.07. The Kier molecular flexibility index (Phi) is 6.27. The normalized spacial score (nSPS) is 24.0. The van der Waals surface area contributed by atoms with Crippen LogP contribution in [0.5, 0.6) is 0 Å². The Balaban J connectivity index is 1.34. The van der Waals surface area contributed by atoms with Gasteiger partial charge in [0.05, 0.1) is 5.92 Å². The van der Waals surface area contributed by atoms with Crippen molar-refractivity contribution in [3.63, 3.8) is 0 Å². The van der Waals surface area contributed by atoms with Gasteiger partial charge in [-0.1, -0.05) is 36.2 Å². The van der Waals surface area contributed by atoms with Gasteiger partial charge in [0.25, 0.3) is 5.91 Å². The highest BCUT2D eigenvalue weighted by Gasteiger charge is 2.41. The van der Waals surface area contributed by atoms with Crippen LogP contribution in [0.3, 0.4) is 0 Å². The third-order valence-corrected chi connectivity index (χ3v) is 6.87. The Morgan fingerprint density at radius 3 is 2.57 bits per heavy atom. The zero-order chi connectivity index (χ0) is 21.1. The van der Waals surface area contributed by atoms with Crippen molar-refractivity contribution in [1.82, 2.24) is 4.57 Å². The molecule has 2 aliphatic carbocycles. The lowest BCUT2D eigenvalue weighted by atomic mass is 9.67. The molecule has 1 aromatic carbocycles. The van der Waals surface area contributed by atoms with Crippen LogP contribution in [0.2, 0.25) is 0 Å². The summed E-state index contributed by atoms with van der Waals surface area (Å²) in [5.41, 5.74) is 2.32. The van der Waals surface area contributed by atoms with Gasteiger partial charge in [0, 0.05) is 30.0 Å². The Bertz CT molecular complexity index is 989. The second kappa shape index (κ2) is 9.08. The molecule has 0 aliphatic heterocycles. The van der Waals surface area contributed by atoms with E-state index in [1.54, 1.807) is 0 Å². The number of carbonyl (C=O) groups excluding carboxylic acids is 3. The lowest BCUT2D eigenvalue weighted by molar-refractivity contribution is -0.156. The summed E-state index contributed by atoms with van der Waals surface area (Å²) in [5.74, 6) is -0.840. The number of hydrogen-bond acceptors (Lipinski definition) is 5. The predicted octanol–water partition coefficient (Wildman–Crippen LogP) is 3.27. The van der Waals surface area contributed by atoms with E-state index < -0.39 is 5.91 Å². The van der Waals surface area contributed by atoms with Crippen LogP contribution in [0.4, 0.5) is 0 Å². The highest BCUT2D eigenvalue weighted by Crippen LogP contribution is 2.40. The number of benzene rings is 1. The second-order valence-corrected chi connectivity index (χ2v) is 9.18. The summed E-state index contributed by atoms with van der Waals surface area (Å²) in [4.78, 5) is 41.6. The second-order valence-electron chi connectivity index (χ2n) is 8.31. The van der Waals surface area contributed by atoms with E-state index in [9.17, 15) is 14.4 Å². The molecule has 158 valence electrons. The van der Waals surface area contributed by atoms with E-state index in [4.69, 9.17) is 4.74 Å². The molecule has 0 saturated heterocycles. The van der Waals surface area contributed by atoms with Crippen LogP contribution in [0.1, 0.15) is 43.2 Å². The standard InChI is InChI=1S/C23H26N2O4S/c1-15-5-7-16(8-6-15)13-25-9-10-30-23(25)24-20(26)14-29-22(28)19-11-17-3-2-4-18(12-19)21(17)27/h5-10,17-19H,2-4,11-14H2,1H3/t17-,18-/m1/s1. The van der Waals surface area contributed by atoms with Gasteiger partial charge in [-0.3, -0.25) is 14.4 Å². The molecular weight excluding hydrogens is 400 g/mol. The number of aromatic nitrogens is 1. The zero-order valence-electron chi connectivity index (χ0n) is 17.1. The summed E-state index contributed by atoms with van der Waals surface area (Å²) in [5, 5.41) is 1.88. The minimum absolute atomic E-state index is 0.0118. The molecule has 7 heteroatoms. The van der Waals surface area contributed by atoms with Crippen LogP contribution in [0, 0.1) is 24.7 Å². The van der Waals surface area contributed by atoms with Crippen molar-refractivity contribution in [2.75, 3.05) is 6.61 Å². The molecule has 6 nitrogen and oxygen atoms in total. The quantitative estimate of drug-likeness (QED) is 0.688. The SMILES string of the molecule is Cc1ccc(Cn2ccsc2=NC(=O)COC(=O)C2C[C@H]3CCC[C@H](C2)C3=O)cc1. The number of aryl methyl sites for hydroxylation is 1. The molecule has 0 unspecified atom stereocenters. The molecule has 0 radical (unpaired) electrons. The topological polar surface area (TPSA) is 77.7 Å². The van der Waals surface area contributed by atoms with E-state index in [0.29, 0.717) is 30.0 Å². The van der Waals surface area contributed by atoms with Gasteiger partial charge in [-0.15, -0.1) is 11.3 Å². The minimum atomic E-state index is -0.476. The molecule has 0 N–H and O–H groups in total. The molecule has 30 heavy (non-hydrogen) atoms. The van der Waals surface area contributed by atoms with Crippen molar-refractivity contribution in [1.29, 1.82) is 0 Å². The Hall–Kier alpha value is -2.54. The van der Waals surface area contributed by atoms with Gasteiger partial charge in [-0.25, -0.2) is 0 Å². The summed E-state index contributed by atoms with van der Waals surface area (Å²) in [6, 6.07) is 8.21. The monoisotopic (exact) mass is 426 g/mol. The molecule has 0 spiro atoms. The van der Waals surface area contributed by atoms with Crippen molar-refractivity contribution in [3.8, 4) is 0 Å². The summed E-state index contributed by atoms with van der Waals surface area (Å²) < 4.78 is 7.17. The first-order chi connectivity index (χ1) is 14.5. The fourth-order valence-corrected chi connectivity index (χ4v) is 5.20. The third kappa shape index (κ3) is 4.78. The molecule has 2 atom stereocenters. The first kappa shape index (κ1) is 20.7. The number of nitrogens with zero attached hydrogens (tertiary/aromatic N) is 2. The van der Waals surface area contributed by atoms with E-state index in [1.807, 2.05) is 23.1 Å². The van der Waals surface area contributed by atoms with Crippen LogP contribution in [0.25, 0.3) is 0 Å². The maximum Gasteiger partial charge on any atom is 0.309 e. The number of ether oxygens (including phenoxy) is 1. The average Bonchev–Trinajstić information content (AvgIpc) is 3.14. The molecule has 1 amide bonds. The Labute approximate surface area is 179 Å². The van der Waals surface area contributed by atoms with Crippen LogP contribution in [-0.2, 0) is 25.7 Å². The number of thiazole rings is 1. The van der Waals surface area contributed by atoms with Gasteiger partial charge < -0.3 is 9.30 Å². The van der Waals surface area contributed by atoms with E-state index in [-0.39, 0.29) is 30.3 Å². The molecule has 4 rings (SSSR count). The number of rotatable bonds is 5. The molecule has 1 heterocycles. The maximum absolute atomic E-state index is 12.4. The third-order valence-electron chi connectivity index (χ3n) is 6.07. The first-order valence-corrected chi connectivity index (χ1v) is 11.3. The maximum atomic E-state index is 12.4. The van der Waals surface area contributed by atoms with Crippen molar-refractivity contribution in [3.05, 3.63) is 51.8 Å². The number of ketones is 1. The van der Waals surface area contributed by atoms with Crippen LogP contribution >= 0.6 is 11.3 Å². The smallest absolute Gasteiger partial charge is 0.309 e. The summed E-state index contributed by atoms with van der Waals surface area (Å²) in [6.07, 6.45) is 5.80. The Morgan fingerprint density at radius 1 is 1.17 bits per heavy atom. The summed E-state index contributed by atoms with van der Waals surface area (Å²) >= 11 is 1.37. The van der Waals surface area contributed by atoms with Gasteiger partial charge in [0.2, 0.25) is 0 Å². The van der Waals surface area contributed by atoms with Gasteiger partial charge in [0.15, 0.2) is 11.4 Å². The van der Waals surface area contributed by atoms with E-state index in [0.717, 1.165) is 24.8 Å². The number of amides is 1. The molecule has 2 fully saturated rings. The van der Waals surface area contributed by atoms with E-state index >= 15 is 0 Å². The lowest BCUT2D eigenvalue weighted by Crippen LogP contribution is -2.39. The number of fused-ring (bicyclic) bond motifs is 2. The van der Waals surface area contributed by atoms with Crippen molar-refractivity contribution in [2.24, 2.45) is 22.7 Å². The molecular formula is C23H26N2O4S. The lowest BCUT2D eigenvalue weighted by Gasteiger charge is -2.36. The van der Waals surface area contributed by atoms with Gasteiger partial charge >= 0.3 is 5.97 Å². The van der Waals surface area contributed by atoms with E-state index in [2.05, 4.69) is 29.3 Å².